The Morgan fingerprint density at radius 2 is 1.81 bits per heavy atom. The van der Waals surface area contributed by atoms with Crippen LogP contribution in [-0.2, 0) is 20.9 Å². The lowest BCUT2D eigenvalue weighted by Crippen LogP contribution is -2.52. The van der Waals surface area contributed by atoms with E-state index in [1.807, 2.05) is 0 Å². The van der Waals surface area contributed by atoms with Crippen molar-refractivity contribution in [2.24, 2.45) is 0 Å². The zero-order valence-corrected chi connectivity index (χ0v) is 28.5. The average Bonchev–Trinajstić information content (AvgIpc) is 3.09. The number of benzene rings is 1. The fraction of sp³-hybridized carbons (Fsp3) is 0.424. The number of nitrogens with zero attached hydrogens (tertiary/aromatic N) is 5. The lowest BCUT2D eigenvalue weighted by Gasteiger charge is -2.34. The fourth-order valence-corrected chi connectivity index (χ4v) is 6.50. The van der Waals surface area contributed by atoms with Crippen LogP contribution in [0.15, 0.2) is 35.8 Å². The van der Waals surface area contributed by atoms with Crippen molar-refractivity contribution in [3.05, 3.63) is 51.4 Å². The van der Waals surface area contributed by atoms with Crippen LogP contribution >= 0.6 is 23.2 Å². The largest absolute Gasteiger partial charge is 0.495 e. The van der Waals surface area contributed by atoms with Crippen molar-refractivity contribution >= 4 is 52.0 Å². The van der Waals surface area contributed by atoms with Crippen LogP contribution in [0.25, 0.3) is 22.2 Å². The monoisotopic (exact) mass is 697 g/mol. The quantitative estimate of drug-likeness (QED) is 0.240. The van der Waals surface area contributed by atoms with Gasteiger partial charge in [0.25, 0.3) is 11.5 Å². The zero-order valence-electron chi connectivity index (χ0n) is 27.0. The third-order valence-electron chi connectivity index (χ3n) is 8.39. The van der Waals surface area contributed by atoms with Crippen molar-refractivity contribution in [2.75, 3.05) is 65.5 Å². The van der Waals surface area contributed by atoms with Crippen LogP contribution in [0.4, 0.5) is 5.95 Å². The first kappa shape index (κ1) is 35.0. The summed E-state index contributed by atoms with van der Waals surface area (Å²) in [4.78, 5) is 51.9. The summed E-state index contributed by atoms with van der Waals surface area (Å²) < 4.78 is 18.2. The molecule has 2 amide bonds. The summed E-state index contributed by atoms with van der Waals surface area (Å²) in [5.41, 5.74) is 0.497. The molecule has 4 heterocycles. The highest BCUT2D eigenvalue weighted by Gasteiger charge is 2.28. The number of nitrogens with one attached hydrogen (secondary N) is 2. The number of amides is 2. The molecule has 3 aromatic rings. The van der Waals surface area contributed by atoms with Crippen molar-refractivity contribution in [1.29, 1.82) is 0 Å². The molecule has 1 aromatic carbocycles. The molecule has 48 heavy (non-hydrogen) atoms. The van der Waals surface area contributed by atoms with Gasteiger partial charge in [-0.2, -0.15) is 4.98 Å². The number of pyridine rings is 1. The van der Waals surface area contributed by atoms with Crippen LogP contribution in [0.3, 0.4) is 0 Å². The number of fused-ring (bicyclic) bond motifs is 1. The van der Waals surface area contributed by atoms with E-state index >= 15 is 0 Å². The predicted octanol–water partition coefficient (Wildman–Crippen LogP) is 2.82. The Bertz CT molecular complexity index is 1800. The first-order valence-corrected chi connectivity index (χ1v) is 16.2. The van der Waals surface area contributed by atoms with Gasteiger partial charge in [0.2, 0.25) is 11.9 Å². The van der Waals surface area contributed by atoms with Crippen LogP contribution in [0, 0.1) is 11.8 Å². The van der Waals surface area contributed by atoms with Gasteiger partial charge in [-0.05, 0) is 31.4 Å². The second-order valence-corrected chi connectivity index (χ2v) is 12.0. The van der Waals surface area contributed by atoms with Crippen LogP contribution in [0.1, 0.15) is 13.3 Å². The SMILES string of the molecule is C=CC(=O)NC1CCOCC1Nc1ncc2cc(-c3c(Cl)c(OC)cc(OC)c3Cl)c(=O)n(CCN3CCN(C(=O)C#CC)CC3)c2n1. The van der Waals surface area contributed by atoms with E-state index in [1.54, 1.807) is 34.7 Å². The summed E-state index contributed by atoms with van der Waals surface area (Å²) in [6.07, 6.45) is 3.43. The maximum absolute atomic E-state index is 14.4. The Hall–Kier alpha value is -4.35. The van der Waals surface area contributed by atoms with E-state index in [0.29, 0.717) is 74.9 Å². The first-order chi connectivity index (χ1) is 23.2. The molecule has 13 nitrogen and oxygen atoms in total. The van der Waals surface area contributed by atoms with Gasteiger partial charge in [0.1, 0.15) is 17.1 Å². The van der Waals surface area contributed by atoms with E-state index in [1.165, 1.54) is 20.3 Å². The maximum atomic E-state index is 14.4. The van der Waals surface area contributed by atoms with Gasteiger partial charge in [-0.1, -0.05) is 35.7 Å². The van der Waals surface area contributed by atoms with Gasteiger partial charge in [-0.3, -0.25) is 23.9 Å². The van der Waals surface area contributed by atoms with E-state index in [9.17, 15) is 14.4 Å². The molecular formula is C33H37Cl2N7O6. The van der Waals surface area contributed by atoms with Crippen LogP contribution < -0.4 is 25.7 Å². The van der Waals surface area contributed by atoms with E-state index < -0.39 is 0 Å². The lowest BCUT2D eigenvalue weighted by molar-refractivity contribution is -0.126. The molecule has 0 bridgehead atoms. The van der Waals surface area contributed by atoms with Crippen LogP contribution in [-0.4, -0.2) is 108 Å². The van der Waals surface area contributed by atoms with Crippen molar-refractivity contribution in [1.82, 2.24) is 29.7 Å². The summed E-state index contributed by atoms with van der Waals surface area (Å²) in [6, 6.07) is 2.65. The van der Waals surface area contributed by atoms with E-state index in [-0.39, 0.29) is 63.1 Å². The van der Waals surface area contributed by atoms with Gasteiger partial charge in [-0.25, -0.2) is 4.98 Å². The number of carbonyl (C=O) groups excluding carboxylic acids is 2. The van der Waals surface area contributed by atoms with Gasteiger partial charge in [0, 0.05) is 69.1 Å². The lowest BCUT2D eigenvalue weighted by atomic mass is 10.0. The molecule has 0 radical (unpaired) electrons. The van der Waals surface area contributed by atoms with Gasteiger partial charge >= 0.3 is 0 Å². The molecule has 2 fully saturated rings. The number of hydrogen-bond acceptors (Lipinski definition) is 10. The number of ether oxygens (including phenoxy) is 3. The number of piperazine rings is 1. The molecule has 2 aliphatic rings. The molecule has 0 spiro atoms. The van der Waals surface area contributed by atoms with E-state index in [2.05, 4.69) is 38.9 Å². The Morgan fingerprint density at radius 3 is 2.46 bits per heavy atom. The standard InChI is InChI=1S/C33H37Cl2N7O6/c1-5-7-27(44)41-12-9-40(10-13-41)11-14-42-31-20(16-21(32(42)45)28-29(34)24(46-3)17-25(47-4)30(28)35)18-36-33(39-31)38-23-19-48-15-8-22(23)37-26(43)6-2/h6,16-18,22-23H,2,8-15,19H2,1,3-4H3,(H,37,43)(H,36,38,39). The van der Waals surface area contributed by atoms with E-state index in [0.717, 1.165) is 0 Å². The molecule has 254 valence electrons. The predicted molar refractivity (Wildman–Crippen MR) is 184 cm³/mol. The van der Waals surface area contributed by atoms with Gasteiger partial charge in [0.05, 0.1) is 48.5 Å². The number of rotatable bonds is 10. The third kappa shape index (κ3) is 7.52. The van der Waals surface area contributed by atoms with Gasteiger partial charge in [-0.15, -0.1) is 0 Å². The number of aromatic nitrogens is 3. The summed E-state index contributed by atoms with van der Waals surface area (Å²) >= 11 is 13.5. The summed E-state index contributed by atoms with van der Waals surface area (Å²) in [7, 11) is 2.93. The Kier molecular flexibility index (Phi) is 11.4. The summed E-state index contributed by atoms with van der Waals surface area (Å²) in [5.74, 6) is 5.62. The number of hydrogen-bond donors (Lipinski definition) is 2. The minimum Gasteiger partial charge on any atom is -0.495 e. The highest BCUT2D eigenvalue weighted by molar-refractivity contribution is 6.41. The van der Waals surface area contributed by atoms with Gasteiger partial charge < -0.3 is 29.7 Å². The molecule has 2 aromatic heterocycles. The highest BCUT2D eigenvalue weighted by atomic mass is 35.5. The molecular weight excluding hydrogens is 661 g/mol. The second kappa shape index (κ2) is 15.7. The highest BCUT2D eigenvalue weighted by Crippen LogP contribution is 2.45. The molecule has 0 aliphatic carbocycles. The molecule has 2 atom stereocenters. The molecule has 2 aliphatic heterocycles. The minimum absolute atomic E-state index is 0.159. The maximum Gasteiger partial charge on any atom is 0.298 e. The van der Waals surface area contributed by atoms with Gasteiger partial charge in [0.15, 0.2) is 0 Å². The Morgan fingerprint density at radius 1 is 1.10 bits per heavy atom. The number of halogens is 2. The second-order valence-electron chi connectivity index (χ2n) is 11.2. The number of methoxy groups -OCH3 is 2. The van der Waals surface area contributed by atoms with Crippen molar-refractivity contribution in [2.45, 2.75) is 32.0 Å². The normalized spacial score (nSPS) is 18.1. The first-order valence-electron chi connectivity index (χ1n) is 15.4. The minimum atomic E-state index is -0.379. The molecule has 2 saturated heterocycles. The van der Waals surface area contributed by atoms with E-state index in [4.69, 9.17) is 42.4 Å². The zero-order chi connectivity index (χ0) is 34.4. The number of anilines is 1. The van der Waals surface area contributed by atoms with Crippen LogP contribution in [0.5, 0.6) is 11.5 Å². The number of carbonyl (C=O) groups is 2. The molecule has 2 N–H and O–H groups in total. The Balaban J connectivity index is 1.54. The molecule has 2 unspecified atom stereocenters. The molecule has 0 saturated carbocycles. The Labute approximate surface area is 288 Å². The summed E-state index contributed by atoms with van der Waals surface area (Å²) in [5, 5.41) is 7.09. The fourth-order valence-electron chi connectivity index (χ4n) is 5.80. The molecule has 15 heteroatoms. The van der Waals surface area contributed by atoms with Crippen molar-refractivity contribution in [3.8, 4) is 34.5 Å². The van der Waals surface area contributed by atoms with Crippen molar-refractivity contribution in [3.63, 3.8) is 0 Å². The average molecular weight is 699 g/mol. The third-order valence-corrected chi connectivity index (χ3v) is 9.14. The smallest absolute Gasteiger partial charge is 0.298 e. The molecule has 5 rings (SSSR count). The topological polar surface area (TPSA) is 140 Å². The summed E-state index contributed by atoms with van der Waals surface area (Å²) in [6.45, 7) is 9.06. The van der Waals surface area contributed by atoms with Crippen molar-refractivity contribution < 1.29 is 23.8 Å². The van der Waals surface area contributed by atoms with Crippen LogP contribution in [0.2, 0.25) is 10.0 Å².